The Kier molecular flexibility index (Phi) is 4.78. The fourth-order valence-electron chi connectivity index (χ4n) is 0.262. The Balaban J connectivity index is 3.87. The number of hydrogen-bond acceptors (Lipinski definition) is 1. The number of rotatable bonds is 2. The van der Waals surface area contributed by atoms with Crippen LogP contribution in [0, 0.1) is 0 Å². The number of carbonyl (C=O) groups excluding carboxylic acids is 1. The van der Waals surface area contributed by atoms with E-state index >= 15 is 0 Å². The molecule has 0 aliphatic carbocycles. The van der Waals surface area contributed by atoms with Crippen LogP contribution in [-0.2, 0) is 4.79 Å². The molecule has 0 aliphatic heterocycles. The molecule has 2 nitrogen and oxygen atoms in total. The monoisotopic (exact) mass is 241 g/mol. The minimum Gasteiger partial charge on any atom is -0.334 e. The highest BCUT2D eigenvalue weighted by Gasteiger charge is 2.31. The lowest BCUT2D eigenvalue weighted by Crippen LogP contribution is -2.40. The van der Waals surface area contributed by atoms with Crippen LogP contribution in [0.15, 0.2) is 0 Å². The van der Waals surface area contributed by atoms with Crippen LogP contribution in [0.1, 0.15) is 0 Å². The van der Waals surface area contributed by atoms with E-state index in [9.17, 15) is 9.18 Å². The van der Waals surface area contributed by atoms with Crippen molar-refractivity contribution in [2.75, 3.05) is 6.67 Å². The fourth-order valence-corrected chi connectivity index (χ4v) is 0.547. The molecule has 66 valence electrons. The maximum Gasteiger partial charge on any atom is 0.252 e. The summed E-state index contributed by atoms with van der Waals surface area (Å²) in [5, 5.41) is 1.93. The lowest BCUT2D eigenvalue weighted by atomic mass is 10.6. The molecule has 11 heavy (non-hydrogen) atoms. The molecule has 0 heterocycles. The second-order valence-electron chi connectivity index (χ2n) is 1.61. The zero-order valence-corrected chi connectivity index (χ0v) is 8.11. The molecule has 0 rings (SSSR count). The smallest absolute Gasteiger partial charge is 0.252 e. The summed E-state index contributed by atoms with van der Waals surface area (Å²) in [4.78, 5) is 10.3. The lowest BCUT2D eigenvalue weighted by Gasteiger charge is -2.18. The molecule has 0 aromatic carbocycles. The summed E-state index contributed by atoms with van der Waals surface area (Å²) in [6.07, 6.45) is 0. The second kappa shape index (κ2) is 4.55. The number of hydrogen-bond donors (Lipinski definition) is 1. The van der Waals surface area contributed by atoms with Crippen LogP contribution in [0.25, 0.3) is 0 Å². The van der Waals surface area contributed by atoms with E-state index in [2.05, 4.69) is 0 Å². The van der Waals surface area contributed by atoms with Crippen LogP contribution >= 0.6 is 46.4 Å². The Morgan fingerprint density at radius 2 is 2.00 bits per heavy atom. The maximum atomic E-state index is 11.5. The lowest BCUT2D eigenvalue weighted by molar-refractivity contribution is -0.122. The minimum atomic E-state index is -1.83. The van der Waals surface area contributed by atoms with Crippen molar-refractivity contribution in [3.05, 3.63) is 0 Å². The Hall–Kier alpha value is 0.560. The molecule has 0 fully saturated rings. The summed E-state index contributed by atoms with van der Waals surface area (Å²) in [5.41, 5.74) is -1.23. The highest BCUT2D eigenvalue weighted by Crippen LogP contribution is 2.32. The Morgan fingerprint density at radius 3 is 2.27 bits per heavy atom. The normalized spacial score (nSPS) is 14.3. The van der Waals surface area contributed by atoms with Crippen LogP contribution in [-0.4, -0.2) is 21.9 Å². The summed E-state index contributed by atoms with van der Waals surface area (Å²) in [6.45, 7) is -1.19. The molecule has 0 aromatic rings. The van der Waals surface area contributed by atoms with Crippen LogP contribution in [0.3, 0.4) is 0 Å². The van der Waals surface area contributed by atoms with Gasteiger partial charge in [0.25, 0.3) is 5.91 Å². The van der Waals surface area contributed by atoms with Crippen molar-refractivity contribution >= 4 is 52.3 Å². The van der Waals surface area contributed by atoms with Gasteiger partial charge in [-0.15, -0.1) is 0 Å². The summed E-state index contributed by atoms with van der Waals surface area (Å²) < 4.78 is 9.71. The molecule has 0 unspecified atom stereocenters. The van der Waals surface area contributed by atoms with Crippen LogP contribution in [0.4, 0.5) is 4.39 Å². The van der Waals surface area contributed by atoms with E-state index in [-0.39, 0.29) is 0 Å². The van der Waals surface area contributed by atoms with Crippen molar-refractivity contribution < 1.29 is 9.18 Å². The van der Waals surface area contributed by atoms with E-state index < -0.39 is 21.9 Å². The zero-order valence-electron chi connectivity index (χ0n) is 5.08. The molecular formula is C4H4Cl4FNO. The molecule has 0 saturated carbocycles. The highest BCUT2D eigenvalue weighted by molar-refractivity contribution is 6.70. The Bertz CT molecular complexity index is 148. The van der Waals surface area contributed by atoms with Crippen LogP contribution in [0.5, 0.6) is 0 Å². The van der Waals surface area contributed by atoms with E-state index in [1.807, 2.05) is 5.32 Å². The second-order valence-corrected chi connectivity index (χ2v) is 4.41. The van der Waals surface area contributed by atoms with Gasteiger partial charge in [0.1, 0.15) is 0 Å². The third-order valence-electron chi connectivity index (χ3n) is 0.696. The van der Waals surface area contributed by atoms with Gasteiger partial charge in [0.2, 0.25) is 3.79 Å². The summed E-state index contributed by atoms with van der Waals surface area (Å²) in [6, 6.07) is 0. The first-order valence-electron chi connectivity index (χ1n) is 2.44. The van der Waals surface area contributed by atoms with E-state index in [1.165, 1.54) is 0 Å². The van der Waals surface area contributed by atoms with Crippen molar-refractivity contribution in [2.45, 2.75) is 9.29 Å². The summed E-state index contributed by atoms with van der Waals surface area (Å²) in [5.74, 6) is -0.920. The van der Waals surface area contributed by atoms with Gasteiger partial charge in [0.05, 0.1) is 0 Å². The number of carbonyl (C=O) groups is 1. The van der Waals surface area contributed by atoms with Gasteiger partial charge < -0.3 is 5.32 Å². The number of halogens is 5. The van der Waals surface area contributed by atoms with Gasteiger partial charge in [-0.25, -0.2) is 4.39 Å². The summed E-state index contributed by atoms with van der Waals surface area (Å²) >= 11 is 21.1. The standard InChI is InChI=1S/C4H4Cl4FNO/c5-3(4(6,7)8)10-2(11)1-9/h3H,1H2,(H,10,11)/t3-/m0/s1. The predicted octanol–water partition coefficient (Wildman–Crippen LogP) is 2.01. The van der Waals surface area contributed by atoms with Crippen molar-refractivity contribution in [1.29, 1.82) is 0 Å². The molecule has 0 spiro atoms. The van der Waals surface area contributed by atoms with Gasteiger partial charge in [-0.2, -0.15) is 0 Å². The summed E-state index contributed by atoms with van der Waals surface area (Å²) in [7, 11) is 0. The van der Waals surface area contributed by atoms with Crippen molar-refractivity contribution in [1.82, 2.24) is 5.32 Å². The molecule has 1 atom stereocenters. The Labute approximate surface area is 82.9 Å². The van der Waals surface area contributed by atoms with Gasteiger partial charge in [-0.3, -0.25) is 4.79 Å². The third kappa shape index (κ3) is 4.90. The number of nitrogens with one attached hydrogen (secondary N) is 1. The van der Waals surface area contributed by atoms with E-state index in [1.54, 1.807) is 0 Å². The van der Waals surface area contributed by atoms with Crippen LogP contribution in [0.2, 0.25) is 0 Å². The number of alkyl halides is 5. The predicted molar refractivity (Wildman–Crippen MR) is 44.0 cm³/mol. The minimum absolute atomic E-state index is 0.920. The van der Waals surface area contributed by atoms with Gasteiger partial charge in [0, 0.05) is 0 Å². The molecule has 1 N–H and O–H groups in total. The average Bonchev–Trinajstić information content (AvgIpc) is 1.85. The van der Waals surface area contributed by atoms with Gasteiger partial charge in [-0.1, -0.05) is 46.4 Å². The number of amides is 1. The fraction of sp³-hybridized carbons (Fsp3) is 0.750. The van der Waals surface area contributed by atoms with Crippen molar-refractivity contribution in [3.8, 4) is 0 Å². The SMILES string of the molecule is O=C(CF)N[C@H](Cl)C(Cl)(Cl)Cl. The van der Waals surface area contributed by atoms with Crippen LogP contribution < -0.4 is 5.32 Å². The quantitative estimate of drug-likeness (QED) is 0.583. The molecule has 0 radical (unpaired) electrons. The molecule has 0 aliphatic rings. The van der Waals surface area contributed by atoms with E-state index in [0.717, 1.165) is 0 Å². The molecule has 0 saturated heterocycles. The first-order valence-corrected chi connectivity index (χ1v) is 4.01. The first-order chi connectivity index (χ1) is 4.88. The van der Waals surface area contributed by atoms with Crippen molar-refractivity contribution in [2.24, 2.45) is 0 Å². The molecule has 1 amide bonds. The van der Waals surface area contributed by atoms with E-state index in [0.29, 0.717) is 0 Å². The molecule has 7 heteroatoms. The van der Waals surface area contributed by atoms with Gasteiger partial charge in [-0.05, 0) is 0 Å². The van der Waals surface area contributed by atoms with Gasteiger partial charge in [0.15, 0.2) is 12.2 Å². The molecular weight excluding hydrogens is 239 g/mol. The average molecular weight is 243 g/mol. The maximum absolute atomic E-state index is 11.5. The molecule has 0 aromatic heterocycles. The van der Waals surface area contributed by atoms with Gasteiger partial charge >= 0.3 is 0 Å². The van der Waals surface area contributed by atoms with E-state index in [4.69, 9.17) is 46.4 Å². The topological polar surface area (TPSA) is 29.1 Å². The largest absolute Gasteiger partial charge is 0.334 e. The Morgan fingerprint density at radius 1 is 1.55 bits per heavy atom. The molecule has 0 bridgehead atoms. The zero-order chi connectivity index (χ0) is 9.07. The third-order valence-corrected chi connectivity index (χ3v) is 2.12. The van der Waals surface area contributed by atoms with Crippen molar-refractivity contribution in [3.63, 3.8) is 0 Å². The highest BCUT2D eigenvalue weighted by atomic mass is 35.6. The first kappa shape index (κ1) is 11.6.